The van der Waals surface area contributed by atoms with E-state index >= 15 is 0 Å². The van der Waals surface area contributed by atoms with Crippen molar-refractivity contribution < 1.29 is 13.2 Å². The van der Waals surface area contributed by atoms with Crippen molar-refractivity contribution in [1.29, 1.82) is 0 Å². The SMILES string of the molecule is CCCNC(CCC(F)(F)F)c1cc(C)c(Br)s1. The van der Waals surface area contributed by atoms with E-state index in [0.717, 1.165) is 27.2 Å². The highest BCUT2D eigenvalue weighted by Gasteiger charge is 2.29. The summed E-state index contributed by atoms with van der Waals surface area (Å²) in [5, 5.41) is 3.19. The van der Waals surface area contributed by atoms with Gasteiger partial charge in [0.25, 0.3) is 0 Å². The van der Waals surface area contributed by atoms with Gasteiger partial charge in [-0.05, 0) is 53.9 Å². The molecule has 0 aliphatic heterocycles. The van der Waals surface area contributed by atoms with Crippen molar-refractivity contribution in [3.63, 3.8) is 0 Å². The van der Waals surface area contributed by atoms with Crippen LogP contribution in [0.15, 0.2) is 9.85 Å². The number of rotatable bonds is 6. The fourth-order valence-corrected chi connectivity index (χ4v) is 3.31. The Bertz CT molecular complexity index is 356. The molecule has 0 saturated heterocycles. The highest BCUT2D eigenvalue weighted by Crippen LogP contribution is 2.35. The van der Waals surface area contributed by atoms with Gasteiger partial charge in [-0.2, -0.15) is 13.2 Å². The van der Waals surface area contributed by atoms with Crippen molar-refractivity contribution in [2.24, 2.45) is 0 Å². The Balaban J connectivity index is 2.71. The van der Waals surface area contributed by atoms with E-state index in [1.807, 2.05) is 19.9 Å². The molecule has 0 aliphatic carbocycles. The normalized spacial score (nSPS) is 13.9. The summed E-state index contributed by atoms with van der Waals surface area (Å²) < 4.78 is 37.9. The van der Waals surface area contributed by atoms with Crippen LogP contribution in [0.25, 0.3) is 0 Å². The minimum absolute atomic E-state index is 0.0931. The first-order chi connectivity index (χ1) is 8.33. The molecule has 1 nitrogen and oxygen atoms in total. The van der Waals surface area contributed by atoms with E-state index in [9.17, 15) is 13.2 Å². The molecule has 1 atom stereocenters. The molecule has 1 aromatic heterocycles. The summed E-state index contributed by atoms with van der Waals surface area (Å²) in [6, 6.07) is 1.75. The van der Waals surface area contributed by atoms with Crippen LogP contribution in [0, 0.1) is 6.92 Å². The molecule has 0 bridgehead atoms. The second-order valence-corrected chi connectivity index (χ2v) is 6.67. The summed E-state index contributed by atoms with van der Waals surface area (Å²) in [6.45, 7) is 4.69. The zero-order chi connectivity index (χ0) is 13.8. The quantitative estimate of drug-likeness (QED) is 0.748. The Kier molecular flexibility index (Phi) is 6.14. The van der Waals surface area contributed by atoms with Crippen LogP contribution in [0.1, 0.15) is 42.7 Å². The van der Waals surface area contributed by atoms with Gasteiger partial charge in [-0.25, -0.2) is 0 Å². The van der Waals surface area contributed by atoms with Crippen molar-refractivity contribution in [1.82, 2.24) is 5.32 Å². The van der Waals surface area contributed by atoms with E-state index in [0.29, 0.717) is 0 Å². The summed E-state index contributed by atoms with van der Waals surface area (Å²) in [7, 11) is 0. The summed E-state index contributed by atoms with van der Waals surface area (Å²) in [5.41, 5.74) is 1.07. The number of nitrogens with one attached hydrogen (secondary N) is 1. The van der Waals surface area contributed by atoms with Gasteiger partial charge in [0.05, 0.1) is 3.79 Å². The summed E-state index contributed by atoms with van der Waals surface area (Å²) in [5.74, 6) is 0. The lowest BCUT2D eigenvalue weighted by atomic mass is 10.1. The number of hydrogen-bond donors (Lipinski definition) is 1. The summed E-state index contributed by atoms with van der Waals surface area (Å²) in [6.07, 6.45) is -3.83. The summed E-state index contributed by atoms with van der Waals surface area (Å²) >= 11 is 4.92. The second-order valence-electron chi connectivity index (χ2n) is 4.27. The van der Waals surface area contributed by atoms with Crippen LogP contribution < -0.4 is 5.32 Å². The standard InChI is InChI=1S/C12H17BrF3NS/c1-3-6-17-9(4-5-12(14,15)16)10-7-8(2)11(13)18-10/h7,9,17H,3-6H2,1-2H3. The number of aryl methyl sites for hydroxylation is 1. The Morgan fingerprint density at radius 1 is 1.44 bits per heavy atom. The molecule has 1 N–H and O–H groups in total. The van der Waals surface area contributed by atoms with Gasteiger partial charge in [-0.1, -0.05) is 6.92 Å². The molecule has 0 spiro atoms. The Labute approximate surface area is 118 Å². The monoisotopic (exact) mass is 343 g/mol. The Morgan fingerprint density at radius 3 is 2.56 bits per heavy atom. The van der Waals surface area contributed by atoms with Crippen molar-refractivity contribution in [2.45, 2.75) is 45.3 Å². The maximum absolute atomic E-state index is 12.3. The van der Waals surface area contributed by atoms with Crippen LogP contribution in [-0.2, 0) is 0 Å². The van der Waals surface area contributed by atoms with Gasteiger partial charge in [0.1, 0.15) is 0 Å². The molecule has 0 radical (unpaired) electrons. The van der Waals surface area contributed by atoms with Gasteiger partial charge in [0.2, 0.25) is 0 Å². The zero-order valence-corrected chi connectivity index (χ0v) is 12.8. The largest absolute Gasteiger partial charge is 0.389 e. The maximum atomic E-state index is 12.3. The molecule has 0 aliphatic rings. The molecule has 1 unspecified atom stereocenters. The van der Waals surface area contributed by atoms with Gasteiger partial charge in [0, 0.05) is 17.3 Å². The van der Waals surface area contributed by atoms with Crippen LogP contribution in [0.4, 0.5) is 13.2 Å². The van der Waals surface area contributed by atoms with Gasteiger partial charge in [-0.15, -0.1) is 11.3 Å². The third kappa shape index (κ3) is 5.28. The van der Waals surface area contributed by atoms with Gasteiger partial charge in [0.15, 0.2) is 0 Å². The molecule has 6 heteroatoms. The molecule has 18 heavy (non-hydrogen) atoms. The fourth-order valence-electron chi connectivity index (χ4n) is 1.63. The summed E-state index contributed by atoms with van der Waals surface area (Å²) in [4.78, 5) is 0.970. The van der Waals surface area contributed by atoms with E-state index in [1.165, 1.54) is 11.3 Å². The number of alkyl halides is 3. The zero-order valence-electron chi connectivity index (χ0n) is 10.4. The molecular weight excluding hydrogens is 327 g/mol. The van der Waals surface area contributed by atoms with Crippen molar-refractivity contribution in [2.75, 3.05) is 6.54 Å². The van der Waals surface area contributed by atoms with Crippen molar-refractivity contribution >= 4 is 27.3 Å². The van der Waals surface area contributed by atoms with Gasteiger partial charge in [-0.3, -0.25) is 0 Å². The van der Waals surface area contributed by atoms with Gasteiger partial charge < -0.3 is 5.32 Å². The van der Waals surface area contributed by atoms with E-state index < -0.39 is 12.6 Å². The first-order valence-corrected chi connectivity index (χ1v) is 7.50. The topological polar surface area (TPSA) is 12.0 Å². The number of hydrogen-bond acceptors (Lipinski definition) is 2. The smallest absolute Gasteiger partial charge is 0.309 e. The third-order valence-corrected chi connectivity index (χ3v) is 4.83. The van der Waals surface area contributed by atoms with Crippen LogP contribution in [-0.4, -0.2) is 12.7 Å². The predicted octanol–water partition coefficient (Wildman–Crippen LogP) is 5.20. The van der Waals surface area contributed by atoms with E-state index in [4.69, 9.17) is 0 Å². The molecule has 0 aromatic carbocycles. The average Bonchev–Trinajstić information content (AvgIpc) is 2.58. The fraction of sp³-hybridized carbons (Fsp3) is 0.667. The second kappa shape index (κ2) is 6.91. The number of thiophene rings is 1. The minimum atomic E-state index is -4.09. The molecule has 0 amide bonds. The molecule has 1 heterocycles. The van der Waals surface area contributed by atoms with Crippen LogP contribution in [0.3, 0.4) is 0 Å². The lowest BCUT2D eigenvalue weighted by Gasteiger charge is -2.18. The van der Waals surface area contributed by atoms with E-state index in [2.05, 4.69) is 21.2 Å². The minimum Gasteiger partial charge on any atom is -0.309 e. The van der Waals surface area contributed by atoms with Crippen LogP contribution in [0.2, 0.25) is 0 Å². The third-order valence-electron chi connectivity index (χ3n) is 2.58. The predicted molar refractivity (Wildman–Crippen MR) is 73.1 cm³/mol. The average molecular weight is 344 g/mol. The molecular formula is C12H17BrF3NS. The Hall–Kier alpha value is -0.0700. The molecule has 0 saturated carbocycles. The lowest BCUT2D eigenvalue weighted by molar-refractivity contribution is -0.136. The Morgan fingerprint density at radius 2 is 2.11 bits per heavy atom. The molecule has 104 valence electrons. The number of halogens is 4. The van der Waals surface area contributed by atoms with Crippen molar-refractivity contribution in [3.05, 3.63) is 20.3 Å². The molecule has 1 rings (SSSR count). The van der Waals surface area contributed by atoms with E-state index in [1.54, 1.807) is 0 Å². The first kappa shape index (κ1) is 16.0. The van der Waals surface area contributed by atoms with Crippen molar-refractivity contribution in [3.8, 4) is 0 Å². The molecule has 1 aromatic rings. The van der Waals surface area contributed by atoms with Crippen LogP contribution in [0.5, 0.6) is 0 Å². The van der Waals surface area contributed by atoms with E-state index in [-0.39, 0.29) is 12.5 Å². The van der Waals surface area contributed by atoms with Gasteiger partial charge >= 0.3 is 6.18 Å². The highest BCUT2D eigenvalue weighted by atomic mass is 79.9. The lowest BCUT2D eigenvalue weighted by Crippen LogP contribution is -2.23. The van der Waals surface area contributed by atoms with Crippen LogP contribution >= 0.6 is 27.3 Å². The molecule has 0 fully saturated rings. The first-order valence-electron chi connectivity index (χ1n) is 5.89. The maximum Gasteiger partial charge on any atom is 0.389 e. The highest BCUT2D eigenvalue weighted by molar-refractivity contribution is 9.11.